The molecule has 0 aliphatic carbocycles. The van der Waals surface area contributed by atoms with Crippen molar-refractivity contribution in [3.63, 3.8) is 0 Å². The van der Waals surface area contributed by atoms with Crippen molar-refractivity contribution in [1.29, 1.82) is 0 Å². The Morgan fingerprint density at radius 1 is 0.885 bits per heavy atom. The van der Waals surface area contributed by atoms with Crippen molar-refractivity contribution in [2.75, 3.05) is 50.0 Å². The molecule has 0 bridgehead atoms. The van der Waals surface area contributed by atoms with E-state index in [1.54, 1.807) is 36.0 Å². The molecule has 3 N–H and O–H groups in total. The summed E-state index contributed by atoms with van der Waals surface area (Å²) in [5.74, 6) is -0.200. The topological polar surface area (TPSA) is 170 Å². The lowest BCUT2D eigenvalue weighted by molar-refractivity contribution is 0.0383. The molecule has 15 nitrogen and oxygen atoms in total. The monoisotopic (exact) mass is 838 g/mol. The Labute approximate surface area is 356 Å². The van der Waals surface area contributed by atoms with Crippen LogP contribution in [0.5, 0.6) is 5.88 Å². The molecule has 3 amide bonds. The lowest BCUT2D eigenvalue weighted by atomic mass is 10.1. The molecule has 1 aliphatic rings. The number of fused-ring (bicyclic) bond motifs is 2. The lowest BCUT2D eigenvalue weighted by Crippen LogP contribution is -2.41. The highest BCUT2D eigenvalue weighted by atomic mass is 32.1. The second-order valence-corrected chi connectivity index (χ2v) is 16.2. The number of carbonyl (C=O) groups is 3. The number of carbonyl (C=O) groups excluding carboxylic acids is 3. The predicted molar refractivity (Wildman–Crippen MR) is 237 cm³/mol. The second kappa shape index (κ2) is 18.7. The highest BCUT2D eigenvalue weighted by Gasteiger charge is 2.22. The SMILES string of the molecule is CC(C)CCc1sc(NC(=O)c2cc(NC(=O)c3ccc(C=Cc4cc5ccccc5nc4On4nnc5ccccc54)cc3)cn2C)nc1C(=O)NCCN1CCOCC1. The summed E-state index contributed by atoms with van der Waals surface area (Å²) >= 11 is 1.31. The average Bonchev–Trinajstić information content (AvgIpc) is 3.98. The molecule has 61 heavy (non-hydrogen) atoms. The maximum Gasteiger partial charge on any atom is 0.274 e. The molecule has 3 aromatic carbocycles. The summed E-state index contributed by atoms with van der Waals surface area (Å²) in [7, 11) is 1.73. The molecule has 0 unspecified atom stereocenters. The zero-order valence-corrected chi connectivity index (χ0v) is 34.9. The third kappa shape index (κ3) is 10.0. The van der Waals surface area contributed by atoms with E-state index in [-0.39, 0.29) is 11.8 Å². The number of amides is 3. The molecule has 312 valence electrons. The number of hydrogen-bond acceptors (Lipinski definition) is 11. The first-order valence-electron chi connectivity index (χ1n) is 20.2. The minimum absolute atomic E-state index is 0.254. The summed E-state index contributed by atoms with van der Waals surface area (Å²) in [4.78, 5) is 60.0. The van der Waals surface area contributed by atoms with Crippen molar-refractivity contribution >= 4 is 74.0 Å². The molecule has 1 saturated heterocycles. The van der Waals surface area contributed by atoms with Gasteiger partial charge in [0, 0.05) is 60.8 Å². The van der Waals surface area contributed by atoms with Gasteiger partial charge in [0.25, 0.3) is 23.6 Å². The smallest absolute Gasteiger partial charge is 0.274 e. The van der Waals surface area contributed by atoms with Crippen molar-refractivity contribution in [2.45, 2.75) is 26.7 Å². The molecule has 7 aromatic rings. The van der Waals surface area contributed by atoms with Crippen molar-refractivity contribution in [3.8, 4) is 5.88 Å². The van der Waals surface area contributed by atoms with E-state index in [4.69, 9.17) is 14.6 Å². The van der Waals surface area contributed by atoms with E-state index in [0.29, 0.717) is 76.8 Å². The van der Waals surface area contributed by atoms with E-state index >= 15 is 0 Å². The Hall–Kier alpha value is -6.75. The highest BCUT2D eigenvalue weighted by Crippen LogP contribution is 2.28. The van der Waals surface area contributed by atoms with E-state index < -0.39 is 5.91 Å². The van der Waals surface area contributed by atoms with Crippen LogP contribution in [0.2, 0.25) is 0 Å². The van der Waals surface area contributed by atoms with Crippen LogP contribution in [-0.2, 0) is 18.2 Å². The Morgan fingerprint density at radius 3 is 2.46 bits per heavy atom. The van der Waals surface area contributed by atoms with Gasteiger partial charge in [0.2, 0.25) is 0 Å². The minimum Gasteiger partial charge on any atom is -0.379 e. The number of ether oxygens (including phenoxy) is 1. The first kappa shape index (κ1) is 41.0. The summed E-state index contributed by atoms with van der Waals surface area (Å²) in [6, 6.07) is 26.1. The van der Waals surface area contributed by atoms with Crippen LogP contribution in [0.3, 0.4) is 0 Å². The van der Waals surface area contributed by atoms with E-state index in [0.717, 1.165) is 53.0 Å². The molecule has 1 aliphatic heterocycles. The van der Waals surface area contributed by atoms with E-state index in [2.05, 4.69) is 50.0 Å². The van der Waals surface area contributed by atoms with Crippen LogP contribution >= 0.6 is 11.3 Å². The van der Waals surface area contributed by atoms with Crippen LogP contribution in [0.4, 0.5) is 10.8 Å². The average molecular weight is 839 g/mol. The number of rotatable bonds is 15. The number of aromatic nitrogens is 6. The summed E-state index contributed by atoms with van der Waals surface area (Å²) in [6.07, 6.45) is 7.05. The maximum absolute atomic E-state index is 13.5. The Kier molecular flexibility index (Phi) is 12.5. The fourth-order valence-corrected chi connectivity index (χ4v) is 7.84. The summed E-state index contributed by atoms with van der Waals surface area (Å²) in [5, 5.41) is 18.4. The lowest BCUT2D eigenvalue weighted by Gasteiger charge is -2.26. The van der Waals surface area contributed by atoms with Gasteiger partial charge in [-0.1, -0.05) is 67.2 Å². The van der Waals surface area contributed by atoms with Gasteiger partial charge in [-0.3, -0.25) is 24.6 Å². The normalized spacial score (nSPS) is 13.3. The number of anilines is 2. The second-order valence-electron chi connectivity index (χ2n) is 15.1. The number of nitrogens with zero attached hydrogens (tertiary/aromatic N) is 7. The fraction of sp³-hybridized carbons (Fsp3) is 0.267. The standard InChI is InChI=1S/C45H46N10O5S/c1-29(2)12-19-39-40(43(58)46-20-21-54-22-24-59-25-23-54)49-45(61-39)50-42(57)38-27-34(28-53(38)3)47-41(56)31-16-13-30(14-17-31)15-18-33-26-32-8-4-5-9-35(32)48-44(33)60-55-37-11-7-6-10-36(37)51-52-55/h4-11,13-18,26-29H,12,19-25H2,1-3H3,(H,46,58)(H,47,56)(H,49,50,57). The Balaban J connectivity index is 0.909. The fourth-order valence-electron chi connectivity index (χ4n) is 6.87. The Morgan fingerprint density at radius 2 is 1.66 bits per heavy atom. The van der Waals surface area contributed by atoms with Crippen molar-refractivity contribution in [2.24, 2.45) is 13.0 Å². The highest BCUT2D eigenvalue weighted by molar-refractivity contribution is 7.16. The molecule has 5 heterocycles. The van der Waals surface area contributed by atoms with Gasteiger partial charge in [-0.05, 0) is 78.1 Å². The zero-order valence-electron chi connectivity index (χ0n) is 34.1. The van der Waals surface area contributed by atoms with Crippen LogP contribution in [0, 0.1) is 5.92 Å². The number of nitrogens with one attached hydrogen (secondary N) is 3. The molecule has 0 radical (unpaired) electrons. The molecule has 0 atom stereocenters. The third-order valence-electron chi connectivity index (χ3n) is 10.2. The Bertz CT molecular complexity index is 2710. The van der Waals surface area contributed by atoms with E-state index in [1.165, 1.54) is 16.2 Å². The summed E-state index contributed by atoms with van der Waals surface area (Å²) in [6.45, 7) is 8.55. The molecular formula is C45H46N10O5S. The van der Waals surface area contributed by atoms with Crippen molar-refractivity contribution in [1.82, 2.24) is 39.9 Å². The molecule has 0 saturated carbocycles. The van der Waals surface area contributed by atoms with E-state index in [1.807, 2.05) is 78.9 Å². The number of morpholine rings is 1. The zero-order chi connectivity index (χ0) is 42.3. The first-order valence-corrected chi connectivity index (χ1v) is 21.0. The van der Waals surface area contributed by atoms with Gasteiger partial charge in [0.1, 0.15) is 22.4 Å². The number of hydrogen-bond donors (Lipinski definition) is 3. The van der Waals surface area contributed by atoms with Crippen LogP contribution in [0.15, 0.2) is 91.1 Å². The minimum atomic E-state index is -0.410. The summed E-state index contributed by atoms with van der Waals surface area (Å²) < 4.78 is 7.05. The van der Waals surface area contributed by atoms with Crippen LogP contribution in [0.25, 0.3) is 34.1 Å². The molecule has 8 rings (SSSR count). The van der Waals surface area contributed by atoms with Gasteiger partial charge in [-0.15, -0.1) is 16.4 Å². The van der Waals surface area contributed by atoms with Crippen molar-refractivity contribution in [3.05, 3.63) is 124 Å². The van der Waals surface area contributed by atoms with E-state index in [9.17, 15) is 14.4 Å². The first-order chi connectivity index (χ1) is 29.7. The number of benzene rings is 3. The van der Waals surface area contributed by atoms with Crippen LogP contribution < -0.4 is 20.8 Å². The molecule has 4 aromatic heterocycles. The maximum atomic E-state index is 13.5. The number of pyridine rings is 1. The molecule has 16 heteroatoms. The molecule has 0 spiro atoms. The van der Waals surface area contributed by atoms with Crippen LogP contribution in [0.1, 0.15) is 67.6 Å². The van der Waals surface area contributed by atoms with Gasteiger partial charge < -0.3 is 24.8 Å². The quantitative estimate of drug-likeness (QED) is 0.0983. The van der Waals surface area contributed by atoms with Gasteiger partial charge in [-0.25, -0.2) is 9.97 Å². The van der Waals surface area contributed by atoms with Gasteiger partial charge in [0.15, 0.2) is 5.13 Å². The largest absolute Gasteiger partial charge is 0.379 e. The number of aryl methyl sites for hydroxylation is 2. The van der Waals surface area contributed by atoms with Crippen LogP contribution in [-0.4, -0.2) is 91.7 Å². The number of para-hydroxylation sites is 2. The predicted octanol–water partition coefficient (Wildman–Crippen LogP) is 6.94. The van der Waals surface area contributed by atoms with Crippen molar-refractivity contribution < 1.29 is 24.0 Å². The molecular weight excluding hydrogens is 793 g/mol. The van der Waals surface area contributed by atoms with Gasteiger partial charge in [-0.2, -0.15) is 0 Å². The number of thiazole rings is 1. The third-order valence-corrected chi connectivity index (χ3v) is 11.3. The summed E-state index contributed by atoms with van der Waals surface area (Å²) in [5.41, 5.74) is 5.31. The van der Waals surface area contributed by atoms with Gasteiger partial charge >= 0.3 is 0 Å². The molecule has 1 fully saturated rings. The van der Waals surface area contributed by atoms with Gasteiger partial charge in [0.05, 0.1) is 24.4 Å².